The highest BCUT2D eigenvalue weighted by Crippen LogP contribution is 2.24. The number of benzene rings is 1. The van der Waals surface area contributed by atoms with Crippen LogP contribution in [0.25, 0.3) is 0 Å². The van der Waals surface area contributed by atoms with E-state index >= 15 is 0 Å². The lowest BCUT2D eigenvalue weighted by atomic mass is 9.94. The minimum Gasteiger partial charge on any atom is -0.314 e. The maximum atomic E-state index is 11.2. The van der Waals surface area contributed by atoms with Gasteiger partial charge in [0.15, 0.2) is 0 Å². The summed E-state index contributed by atoms with van der Waals surface area (Å²) in [5.41, 5.74) is 1.17. The Morgan fingerprint density at radius 3 is 2.55 bits per heavy atom. The quantitative estimate of drug-likeness (QED) is 0.800. The number of rotatable bonds is 8. The van der Waals surface area contributed by atoms with Crippen molar-refractivity contribution in [3.8, 4) is 0 Å². The van der Waals surface area contributed by atoms with Crippen LogP contribution in [0.3, 0.4) is 0 Å². The Kier molecular flexibility index (Phi) is 7.00. The van der Waals surface area contributed by atoms with Gasteiger partial charge in [0.1, 0.15) is 9.84 Å². The summed E-state index contributed by atoms with van der Waals surface area (Å²) in [7, 11) is -2.89. The molecule has 5 heteroatoms. The zero-order valence-electron chi connectivity index (χ0n) is 12.4. The first-order valence-corrected chi connectivity index (χ1v) is 9.38. The first-order chi connectivity index (χ1) is 9.28. The van der Waals surface area contributed by atoms with Crippen molar-refractivity contribution in [2.24, 2.45) is 0 Å². The Morgan fingerprint density at radius 2 is 2.00 bits per heavy atom. The van der Waals surface area contributed by atoms with Crippen molar-refractivity contribution < 1.29 is 8.42 Å². The highest BCUT2D eigenvalue weighted by molar-refractivity contribution is 7.90. The maximum Gasteiger partial charge on any atom is 0.147 e. The van der Waals surface area contributed by atoms with Gasteiger partial charge in [-0.15, -0.1) is 0 Å². The second-order valence-corrected chi connectivity index (χ2v) is 8.28. The average molecular weight is 318 g/mol. The van der Waals surface area contributed by atoms with Crippen LogP contribution in [0.5, 0.6) is 0 Å². The number of halogens is 1. The summed E-state index contributed by atoms with van der Waals surface area (Å²) < 4.78 is 22.5. The smallest absolute Gasteiger partial charge is 0.147 e. The summed E-state index contributed by atoms with van der Waals surface area (Å²) in [4.78, 5) is 0. The molecule has 1 rings (SSSR count). The molecule has 0 aliphatic carbocycles. The Hall–Kier alpha value is -0.580. The van der Waals surface area contributed by atoms with Crippen molar-refractivity contribution in [3.63, 3.8) is 0 Å². The lowest BCUT2D eigenvalue weighted by molar-refractivity contribution is 0.503. The predicted octanol–water partition coefficient (Wildman–Crippen LogP) is 3.25. The third-order valence-electron chi connectivity index (χ3n) is 3.16. The molecule has 1 aromatic rings. The molecule has 0 spiro atoms. The SMILES string of the molecule is CC(C)NCC(CCCS(C)(=O)=O)c1cccc(Cl)c1. The molecule has 114 valence electrons. The van der Waals surface area contributed by atoms with Crippen LogP contribution in [0.15, 0.2) is 24.3 Å². The maximum absolute atomic E-state index is 11.2. The van der Waals surface area contributed by atoms with Crippen molar-refractivity contribution in [3.05, 3.63) is 34.9 Å². The molecule has 0 saturated heterocycles. The summed E-state index contributed by atoms with van der Waals surface area (Å²) >= 11 is 6.04. The molecule has 0 saturated carbocycles. The highest BCUT2D eigenvalue weighted by Gasteiger charge is 2.13. The Bertz CT molecular complexity index is 514. The van der Waals surface area contributed by atoms with E-state index in [0.717, 1.165) is 18.0 Å². The normalized spacial score (nSPS) is 13.7. The monoisotopic (exact) mass is 317 g/mol. The highest BCUT2D eigenvalue weighted by atomic mass is 35.5. The van der Waals surface area contributed by atoms with Gasteiger partial charge in [-0.05, 0) is 36.5 Å². The van der Waals surface area contributed by atoms with Crippen LogP contribution in [0.2, 0.25) is 5.02 Å². The van der Waals surface area contributed by atoms with E-state index in [2.05, 4.69) is 25.2 Å². The standard InChI is InChI=1S/C15H24ClNO2S/c1-12(2)17-11-14(7-5-9-20(3,18)19)13-6-4-8-15(16)10-13/h4,6,8,10,12,14,17H,5,7,9,11H2,1-3H3. The fraction of sp³-hybridized carbons (Fsp3) is 0.600. The molecule has 0 fully saturated rings. The van der Waals surface area contributed by atoms with Gasteiger partial charge in [0.25, 0.3) is 0 Å². The van der Waals surface area contributed by atoms with E-state index in [1.807, 2.05) is 18.2 Å². The average Bonchev–Trinajstić information content (AvgIpc) is 2.31. The molecule has 0 heterocycles. The summed E-state index contributed by atoms with van der Waals surface area (Å²) in [5, 5.41) is 4.14. The third kappa shape index (κ3) is 7.27. The second kappa shape index (κ2) is 8.01. The molecule has 0 aromatic heterocycles. The molecule has 3 nitrogen and oxygen atoms in total. The van der Waals surface area contributed by atoms with Crippen molar-refractivity contribution in [2.45, 2.75) is 38.6 Å². The van der Waals surface area contributed by atoms with E-state index in [0.29, 0.717) is 12.5 Å². The molecule has 0 amide bonds. The fourth-order valence-corrected chi connectivity index (χ4v) is 3.01. The van der Waals surface area contributed by atoms with Gasteiger partial charge in [-0.25, -0.2) is 8.42 Å². The number of hydrogen-bond donors (Lipinski definition) is 1. The van der Waals surface area contributed by atoms with E-state index in [-0.39, 0.29) is 11.7 Å². The molecule has 1 N–H and O–H groups in total. The van der Waals surface area contributed by atoms with E-state index in [1.165, 1.54) is 11.8 Å². The predicted molar refractivity (Wildman–Crippen MR) is 86.3 cm³/mol. The van der Waals surface area contributed by atoms with Gasteiger partial charge in [0, 0.05) is 29.6 Å². The summed E-state index contributed by atoms with van der Waals surface area (Å²) in [6.07, 6.45) is 2.80. The third-order valence-corrected chi connectivity index (χ3v) is 4.43. The summed E-state index contributed by atoms with van der Waals surface area (Å²) in [6.45, 7) is 5.04. The molecule has 20 heavy (non-hydrogen) atoms. The van der Waals surface area contributed by atoms with Crippen LogP contribution < -0.4 is 5.32 Å². The van der Waals surface area contributed by atoms with E-state index < -0.39 is 9.84 Å². The van der Waals surface area contributed by atoms with E-state index in [9.17, 15) is 8.42 Å². The van der Waals surface area contributed by atoms with Crippen LogP contribution >= 0.6 is 11.6 Å². The topological polar surface area (TPSA) is 46.2 Å². The largest absolute Gasteiger partial charge is 0.314 e. The molecular weight excluding hydrogens is 294 g/mol. The first kappa shape index (κ1) is 17.5. The van der Waals surface area contributed by atoms with Crippen molar-refractivity contribution in [1.29, 1.82) is 0 Å². The van der Waals surface area contributed by atoms with Crippen LogP contribution in [-0.4, -0.2) is 33.0 Å². The zero-order chi connectivity index (χ0) is 15.2. The van der Waals surface area contributed by atoms with Crippen molar-refractivity contribution >= 4 is 21.4 Å². The van der Waals surface area contributed by atoms with E-state index in [1.54, 1.807) is 0 Å². The zero-order valence-corrected chi connectivity index (χ0v) is 14.0. The molecule has 1 unspecified atom stereocenters. The van der Waals surface area contributed by atoms with Gasteiger partial charge >= 0.3 is 0 Å². The summed E-state index contributed by atoms with van der Waals surface area (Å²) in [6, 6.07) is 8.23. The van der Waals surface area contributed by atoms with Gasteiger partial charge in [0.2, 0.25) is 0 Å². The minimum absolute atomic E-state index is 0.242. The van der Waals surface area contributed by atoms with Gasteiger partial charge in [-0.2, -0.15) is 0 Å². The fourth-order valence-electron chi connectivity index (χ4n) is 2.12. The second-order valence-electron chi connectivity index (χ2n) is 5.59. The van der Waals surface area contributed by atoms with Gasteiger partial charge in [0.05, 0.1) is 0 Å². The molecule has 0 radical (unpaired) electrons. The molecule has 0 aliphatic rings. The van der Waals surface area contributed by atoms with Gasteiger partial charge in [-0.3, -0.25) is 0 Å². The molecule has 0 aliphatic heterocycles. The van der Waals surface area contributed by atoms with Gasteiger partial charge < -0.3 is 5.32 Å². The molecule has 1 aromatic carbocycles. The molecular formula is C15H24ClNO2S. The van der Waals surface area contributed by atoms with Crippen molar-refractivity contribution in [2.75, 3.05) is 18.6 Å². The lowest BCUT2D eigenvalue weighted by Gasteiger charge is -2.20. The van der Waals surface area contributed by atoms with Crippen LogP contribution in [0.1, 0.15) is 38.2 Å². The first-order valence-electron chi connectivity index (χ1n) is 6.94. The molecule has 1 atom stereocenters. The number of nitrogens with one attached hydrogen (secondary N) is 1. The molecule has 0 bridgehead atoms. The van der Waals surface area contributed by atoms with Gasteiger partial charge in [-0.1, -0.05) is 37.6 Å². The minimum atomic E-state index is -2.89. The van der Waals surface area contributed by atoms with Crippen LogP contribution in [-0.2, 0) is 9.84 Å². The summed E-state index contributed by atoms with van der Waals surface area (Å²) in [5.74, 6) is 0.531. The Labute approximate surface area is 127 Å². The Balaban J connectivity index is 2.69. The van der Waals surface area contributed by atoms with Crippen molar-refractivity contribution in [1.82, 2.24) is 5.32 Å². The van der Waals surface area contributed by atoms with Crippen LogP contribution in [0, 0.1) is 0 Å². The van der Waals surface area contributed by atoms with E-state index in [4.69, 9.17) is 11.6 Å². The van der Waals surface area contributed by atoms with Crippen LogP contribution in [0.4, 0.5) is 0 Å². The number of hydrogen-bond acceptors (Lipinski definition) is 3. The lowest BCUT2D eigenvalue weighted by Crippen LogP contribution is -2.28. The Morgan fingerprint density at radius 1 is 1.30 bits per heavy atom. The number of sulfone groups is 1.